The van der Waals surface area contributed by atoms with Gasteiger partial charge in [-0.15, -0.1) is 11.3 Å². The molecule has 0 aliphatic heterocycles. The van der Waals surface area contributed by atoms with Gasteiger partial charge < -0.3 is 0 Å². The highest BCUT2D eigenvalue weighted by molar-refractivity contribution is 7.12. The smallest absolute Gasteiger partial charge is 0.194 e. The van der Waals surface area contributed by atoms with Crippen molar-refractivity contribution in [3.8, 4) is 6.07 Å². The quantitative estimate of drug-likeness (QED) is 0.717. The van der Waals surface area contributed by atoms with Crippen molar-refractivity contribution in [3.63, 3.8) is 0 Å². The molecule has 1 aromatic heterocycles. The van der Waals surface area contributed by atoms with Crippen LogP contribution in [-0.2, 0) is 6.42 Å². The highest BCUT2D eigenvalue weighted by Crippen LogP contribution is 2.19. The summed E-state index contributed by atoms with van der Waals surface area (Å²) in [6.45, 7) is 4.14. The molecule has 0 unspecified atom stereocenters. The standard InChI is InChI=1S/C9H12N2S/c1-3-4-5-8-7(2)11-9(6-10)12-8/h3-5H2,1-2H3. The van der Waals surface area contributed by atoms with Gasteiger partial charge in [0.1, 0.15) is 6.07 Å². The van der Waals surface area contributed by atoms with Crippen molar-refractivity contribution in [2.24, 2.45) is 0 Å². The molecule has 0 spiro atoms. The Labute approximate surface area is 76.9 Å². The van der Waals surface area contributed by atoms with E-state index in [-0.39, 0.29) is 0 Å². The lowest BCUT2D eigenvalue weighted by Gasteiger charge is -1.93. The van der Waals surface area contributed by atoms with Crippen LogP contribution in [0.15, 0.2) is 0 Å². The lowest BCUT2D eigenvalue weighted by Crippen LogP contribution is -1.83. The van der Waals surface area contributed by atoms with Crippen LogP contribution in [0, 0.1) is 18.3 Å². The summed E-state index contributed by atoms with van der Waals surface area (Å²) in [4.78, 5) is 5.41. The Hall–Kier alpha value is -0.880. The molecule has 0 bridgehead atoms. The molecule has 1 aromatic rings. The van der Waals surface area contributed by atoms with Gasteiger partial charge in [0.15, 0.2) is 5.01 Å². The summed E-state index contributed by atoms with van der Waals surface area (Å²) in [5.41, 5.74) is 1.03. The number of aryl methyl sites for hydroxylation is 2. The maximum Gasteiger partial charge on any atom is 0.194 e. The van der Waals surface area contributed by atoms with Crippen molar-refractivity contribution < 1.29 is 0 Å². The SMILES string of the molecule is CCCCc1sc(C#N)nc1C. The fraction of sp³-hybridized carbons (Fsp3) is 0.556. The lowest BCUT2D eigenvalue weighted by molar-refractivity contribution is 0.798. The summed E-state index contributed by atoms with van der Waals surface area (Å²) in [6, 6.07) is 2.07. The molecule has 1 rings (SSSR count). The number of thiazole rings is 1. The van der Waals surface area contributed by atoms with Crippen LogP contribution in [0.5, 0.6) is 0 Å². The number of unbranched alkanes of at least 4 members (excludes halogenated alkanes) is 1. The van der Waals surface area contributed by atoms with Crippen LogP contribution >= 0.6 is 11.3 Å². The zero-order valence-electron chi connectivity index (χ0n) is 7.42. The number of aromatic nitrogens is 1. The third-order valence-corrected chi connectivity index (χ3v) is 2.87. The van der Waals surface area contributed by atoms with Crippen LogP contribution in [0.1, 0.15) is 35.3 Å². The first kappa shape index (κ1) is 9.21. The van der Waals surface area contributed by atoms with E-state index in [2.05, 4.69) is 18.0 Å². The van der Waals surface area contributed by atoms with Crippen molar-refractivity contribution in [3.05, 3.63) is 15.6 Å². The van der Waals surface area contributed by atoms with Crippen molar-refractivity contribution in [2.45, 2.75) is 33.1 Å². The highest BCUT2D eigenvalue weighted by Gasteiger charge is 2.05. The molecule has 12 heavy (non-hydrogen) atoms. The fourth-order valence-corrected chi connectivity index (χ4v) is 1.95. The largest absolute Gasteiger partial charge is 0.231 e. The van der Waals surface area contributed by atoms with Gasteiger partial charge in [-0.3, -0.25) is 0 Å². The van der Waals surface area contributed by atoms with Gasteiger partial charge in [0.05, 0.1) is 5.69 Å². The first-order chi connectivity index (χ1) is 5.77. The van der Waals surface area contributed by atoms with E-state index in [0.29, 0.717) is 5.01 Å². The van der Waals surface area contributed by atoms with Gasteiger partial charge >= 0.3 is 0 Å². The van der Waals surface area contributed by atoms with Gasteiger partial charge in [-0.2, -0.15) is 5.26 Å². The van der Waals surface area contributed by atoms with Crippen LogP contribution in [0.3, 0.4) is 0 Å². The lowest BCUT2D eigenvalue weighted by atomic mass is 10.2. The Kier molecular flexibility index (Phi) is 3.24. The van der Waals surface area contributed by atoms with E-state index in [0.717, 1.165) is 12.1 Å². The maximum atomic E-state index is 8.60. The average molecular weight is 180 g/mol. The van der Waals surface area contributed by atoms with Crippen molar-refractivity contribution >= 4 is 11.3 Å². The zero-order valence-corrected chi connectivity index (χ0v) is 8.24. The summed E-state index contributed by atoms with van der Waals surface area (Å²) in [5, 5.41) is 9.19. The molecule has 0 aliphatic carbocycles. The highest BCUT2D eigenvalue weighted by atomic mass is 32.1. The Balaban J connectivity index is 2.72. The number of nitrogens with zero attached hydrogens (tertiary/aromatic N) is 2. The first-order valence-corrected chi connectivity index (χ1v) is 4.96. The van der Waals surface area contributed by atoms with E-state index in [4.69, 9.17) is 5.26 Å². The molecule has 0 saturated carbocycles. The molecule has 0 amide bonds. The molecule has 1 heterocycles. The Morgan fingerprint density at radius 3 is 2.83 bits per heavy atom. The number of hydrogen-bond donors (Lipinski definition) is 0. The Morgan fingerprint density at radius 1 is 1.58 bits per heavy atom. The molecule has 0 aliphatic rings. The first-order valence-electron chi connectivity index (χ1n) is 4.14. The third kappa shape index (κ3) is 2.05. The van der Waals surface area contributed by atoms with Crippen LogP contribution in [0.25, 0.3) is 0 Å². The summed E-state index contributed by atoms with van der Waals surface area (Å²) in [6.07, 6.45) is 3.45. The molecular weight excluding hydrogens is 168 g/mol. The van der Waals surface area contributed by atoms with Gasteiger partial charge in [0, 0.05) is 4.88 Å². The summed E-state index contributed by atoms with van der Waals surface area (Å²) < 4.78 is 0. The number of rotatable bonds is 3. The summed E-state index contributed by atoms with van der Waals surface area (Å²) in [5.74, 6) is 0. The molecule has 0 fully saturated rings. The molecular formula is C9H12N2S. The average Bonchev–Trinajstić information content (AvgIpc) is 2.43. The maximum absolute atomic E-state index is 8.60. The Bertz CT molecular complexity index is 296. The molecule has 0 atom stereocenters. The normalized spacial score (nSPS) is 9.75. The Morgan fingerprint density at radius 2 is 2.33 bits per heavy atom. The summed E-state index contributed by atoms with van der Waals surface area (Å²) in [7, 11) is 0. The van der Waals surface area contributed by atoms with Crippen molar-refractivity contribution in [1.82, 2.24) is 4.98 Å². The van der Waals surface area contributed by atoms with E-state index < -0.39 is 0 Å². The van der Waals surface area contributed by atoms with E-state index in [1.807, 2.05) is 6.92 Å². The molecule has 0 saturated heterocycles. The van der Waals surface area contributed by atoms with Crippen LogP contribution in [0.4, 0.5) is 0 Å². The van der Waals surface area contributed by atoms with E-state index in [9.17, 15) is 0 Å². The molecule has 64 valence electrons. The second-order valence-corrected chi connectivity index (χ2v) is 3.83. The molecule has 0 aromatic carbocycles. The minimum Gasteiger partial charge on any atom is -0.231 e. The van der Waals surface area contributed by atoms with Gasteiger partial charge in [-0.25, -0.2) is 4.98 Å². The van der Waals surface area contributed by atoms with Gasteiger partial charge in [0.2, 0.25) is 0 Å². The molecule has 3 heteroatoms. The second-order valence-electron chi connectivity index (χ2n) is 2.74. The topological polar surface area (TPSA) is 36.7 Å². The molecule has 0 radical (unpaired) electrons. The van der Waals surface area contributed by atoms with Gasteiger partial charge in [0.25, 0.3) is 0 Å². The van der Waals surface area contributed by atoms with E-state index in [1.165, 1.54) is 29.1 Å². The fourth-order valence-electron chi connectivity index (χ4n) is 1.05. The summed E-state index contributed by atoms with van der Waals surface area (Å²) >= 11 is 1.53. The minimum absolute atomic E-state index is 0.596. The zero-order chi connectivity index (χ0) is 8.97. The minimum atomic E-state index is 0.596. The monoisotopic (exact) mass is 180 g/mol. The predicted octanol–water partition coefficient (Wildman–Crippen LogP) is 2.67. The second kappa shape index (κ2) is 4.22. The van der Waals surface area contributed by atoms with Crippen LogP contribution < -0.4 is 0 Å². The van der Waals surface area contributed by atoms with Gasteiger partial charge in [-0.05, 0) is 19.8 Å². The van der Waals surface area contributed by atoms with Crippen molar-refractivity contribution in [2.75, 3.05) is 0 Å². The van der Waals surface area contributed by atoms with Crippen LogP contribution in [-0.4, -0.2) is 4.98 Å². The third-order valence-electron chi connectivity index (χ3n) is 1.75. The number of hydrogen-bond acceptors (Lipinski definition) is 3. The predicted molar refractivity (Wildman–Crippen MR) is 50.2 cm³/mol. The number of nitriles is 1. The van der Waals surface area contributed by atoms with Gasteiger partial charge in [-0.1, -0.05) is 13.3 Å². The molecule has 2 nitrogen and oxygen atoms in total. The molecule has 0 N–H and O–H groups in total. The van der Waals surface area contributed by atoms with E-state index >= 15 is 0 Å². The van der Waals surface area contributed by atoms with Crippen molar-refractivity contribution in [1.29, 1.82) is 5.26 Å². The van der Waals surface area contributed by atoms with Crippen LogP contribution in [0.2, 0.25) is 0 Å². The van der Waals surface area contributed by atoms with E-state index in [1.54, 1.807) is 0 Å².